The summed E-state index contributed by atoms with van der Waals surface area (Å²) >= 11 is 0. The summed E-state index contributed by atoms with van der Waals surface area (Å²) in [4.78, 5) is 26.8. The number of hydrogen-bond donors (Lipinski definition) is 1. The van der Waals surface area contributed by atoms with Crippen molar-refractivity contribution in [1.82, 2.24) is 19.9 Å². The summed E-state index contributed by atoms with van der Waals surface area (Å²) in [6.07, 6.45) is 3.07. The van der Waals surface area contributed by atoms with E-state index in [1.54, 1.807) is 24.8 Å². The molecule has 1 aliphatic heterocycles. The highest BCUT2D eigenvalue weighted by Crippen LogP contribution is 2.33. The molecule has 1 unspecified atom stereocenters. The number of carbonyl (C=O) groups excluding carboxylic acids is 1. The minimum Gasteiger partial charge on any atom is -0.438 e. The van der Waals surface area contributed by atoms with Gasteiger partial charge in [-0.05, 0) is 26.7 Å². The van der Waals surface area contributed by atoms with Crippen LogP contribution in [0.4, 0.5) is 5.82 Å². The van der Waals surface area contributed by atoms with Crippen LogP contribution in [-0.4, -0.2) is 32.3 Å². The van der Waals surface area contributed by atoms with Crippen molar-refractivity contribution in [1.29, 1.82) is 0 Å². The fourth-order valence-electron chi connectivity index (χ4n) is 2.74. The molecule has 3 rings (SSSR count). The van der Waals surface area contributed by atoms with Crippen molar-refractivity contribution >= 4 is 11.7 Å². The lowest BCUT2D eigenvalue weighted by Gasteiger charge is -2.23. The molecule has 0 aromatic carbocycles. The van der Waals surface area contributed by atoms with Gasteiger partial charge in [0.2, 0.25) is 5.76 Å². The predicted molar refractivity (Wildman–Crippen MR) is 75.4 cm³/mol. The van der Waals surface area contributed by atoms with Crippen LogP contribution in [0.5, 0.6) is 0 Å². The van der Waals surface area contributed by atoms with Crippen LogP contribution in [0.3, 0.4) is 0 Å². The molecule has 7 heteroatoms. The Morgan fingerprint density at radius 2 is 2.24 bits per heavy atom. The zero-order valence-electron chi connectivity index (χ0n) is 12.0. The average molecular weight is 287 g/mol. The lowest BCUT2D eigenvalue weighted by molar-refractivity contribution is 0.0699. The molecule has 21 heavy (non-hydrogen) atoms. The standard InChI is InChI=1S/C14H17N5O2/c1-8-13(21-7-16-8)14(20)19-5-3-4-11(19)10-6-12(15)18-9(2)17-10/h6-7,11H,3-5H2,1-2H3,(H2,15,17,18). The number of oxazole rings is 1. The first-order valence-corrected chi connectivity index (χ1v) is 6.88. The normalized spacial score (nSPS) is 18.2. The van der Waals surface area contributed by atoms with Gasteiger partial charge in [-0.3, -0.25) is 4.79 Å². The smallest absolute Gasteiger partial charge is 0.292 e. The first kappa shape index (κ1) is 13.5. The summed E-state index contributed by atoms with van der Waals surface area (Å²) in [7, 11) is 0. The molecule has 110 valence electrons. The Morgan fingerprint density at radius 1 is 1.43 bits per heavy atom. The molecule has 1 aliphatic rings. The van der Waals surface area contributed by atoms with Crippen molar-refractivity contribution in [2.75, 3.05) is 12.3 Å². The van der Waals surface area contributed by atoms with E-state index >= 15 is 0 Å². The van der Waals surface area contributed by atoms with Crippen molar-refractivity contribution in [3.63, 3.8) is 0 Å². The SMILES string of the molecule is Cc1nc(N)cc(C2CCCN2C(=O)c2ocnc2C)n1. The second-order valence-corrected chi connectivity index (χ2v) is 5.19. The van der Waals surface area contributed by atoms with E-state index in [0.29, 0.717) is 29.6 Å². The molecule has 0 saturated carbocycles. The van der Waals surface area contributed by atoms with E-state index in [9.17, 15) is 4.79 Å². The van der Waals surface area contributed by atoms with Crippen LogP contribution >= 0.6 is 0 Å². The maximum atomic E-state index is 12.6. The number of nitrogen functional groups attached to an aromatic ring is 1. The minimum atomic E-state index is -0.151. The number of hydrogen-bond acceptors (Lipinski definition) is 6. The van der Waals surface area contributed by atoms with Crippen molar-refractivity contribution in [2.24, 2.45) is 0 Å². The summed E-state index contributed by atoms with van der Waals surface area (Å²) in [6.45, 7) is 4.23. The summed E-state index contributed by atoms with van der Waals surface area (Å²) in [5.41, 5.74) is 7.17. The molecular weight excluding hydrogens is 270 g/mol. The summed E-state index contributed by atoms with van der Waals surface area (Å²) in [6, 6.07) is 1.64. The Balaban J connectivity index is 1.92. The van der Waals surface area contributed by atoms with Gasteiger partial charge in [0.25, 0.3) is 5.91 Å². The number of likely N-dealkylation sites (tertiary alicyclic amines) is 1. The van der Waals surface area contributed by atoms with Gasteiger partial charge in [-0.2, -0.15) is 0 Å². The molecule has 0 aliphatic carbocycles. The van der Waals surface area contributed by atoms with Gasteiger partial charge in [0.1, 0.15) is 11.6 Å². The van der Waals surface area contributed by atoms with Crippen LogP contribution in [-0.2, 0) is 0 Å². The molecular formula is C14H17N5O2. The van der Waals surface area contributed by atoms with Crippen LogP contribution in [0.15, 0.2) is 16.9 Å². The molecule has 1 saturated heterocycles. The van der Waals surface area contributed by atoms with Crippen LogP contribution in [0.25, 0.3) is 0 Å². The topological polar surface area (TPSA) is 98.1 Å². The maximum absolute atomic E-state index is 12.6. The lowest BCUT2D eigenvalue weighted by Crippen LogP contribution is -2.31. The molecule has 2 N–H and O–H groups in total. The number of aryl methyl sites for hydroxylation is 2. The number of anilines is 1. The van der Waals surface area contributed by atoms with E-state index in [0.717, 1.165) is 18.5 Å². The molecule has 2 aromatic rings. The van der Waals surface area contributed by atoms with Crippen LogP contribution in [0.2, 0.25) is 0 Å². The molecule has 0 spiro atoms. The van der Waals surface area contributed by atoms with Crippen molar-refractivity contribution in [3.05, 3.63) is 35.4 Å². The van der Waals surface area contributed by atoms with Crippen LogP contribution < -0.4 is 5.73 Å². The third-order valence-electron chi connectivity index (χ3n) is 3.67. The van der Waals surface area contributed by atoms with Gasteiger partial charge in [-0.1, -0.05) is 0 Å². The van der Waals surface area contributed by atoms with Gasteiger partial charge >= 0.3 is 0 Å². The van der Waals surface area contributed by atoms with E-state index in [1.165, 1.54) is 6.39 Å². The highest BCUT2D eigenvalue weighted by atomic mass is 16.3. The fourth-order valence-corrected chi connectivity index (χ4v) is 2.74. The molecule has 1 atom stereocenters. The maximum Gasteiger partial charge on any atom is 0.292 e. The monoisotopic (exact) mass is 287 g/mol. The zero-order valence-corrected chi connectivity index (χ0v) is 12.0. The van der Waals surface area contributed by atoms with Crippen molar-refractivity contribution in [3.8, 4) is 0 Å². The van der Waals surface area contributed by atoms with E-state index in [-0.39, 0.29) is 11.9 Å². The Hall–Kier alpha value is -2.44. The van der Waals surface area contributed by atoms with E-state index in [4.69, 9.17) is 10.2 Å². The molecule has 0 radical (unpaired) electrons. The molecule has 2 aromatic heterocycles. The Bertz CT molecular complexity index is 662. The predicted octanol–water partition coefficient (Wildman–Crippen LogP) is 1.64. The number of rotatable bonds is 2. The van der Waals surface area contributed by atoms with Gasteiger partial charge in [0, 0.05) is 12.6 Å². The minimum absolute atomic E-state index is 0.0917. The number of nitrogens with two attached hydrogens (primary N) is 1. The quantitative estimate of drug-likeness (QED) is 0.901. The number of amides is 1. The zero-order chi connectivity index (χ0) is 15.0. The van der Waals surface area contributed by atoms with E-state index in [1.807, 2.05) is 0 Å². The highest BCUT2D eigenvalue weighted by molar-refractivity contribution is 5.92. The summed E-state index contributed by atoms with van der Waals surface area (Å²) < 4.78 is 5.21. The summed E-state index contributed by atoms with van der Waals surface area (Å²) in [5, 5.41) is 0. The van der Waals surface area contributed by atoms with E-state index < -0.39 is 0 Å². The molecule has 7 nitrogen and oxygen atoms in total. The molecule has 0 bridgehead atoms. The fraction of sp³-hybridized carbons (Fsp3) is 0.429. The number of carbonyl (C=O) groups is 1. The van der Waals surface area contributed by atoms with E-state index in [2.05, 4.69) is 15.0 Å². The summed E-state index contributed by atoms with van der Waals surface area (Å²) in [5.74, 6) is 1.18. The third kappa shape index (κ3) is 2.46. The lowest BCUT2D eigenvalue weighted by atomic mass is 10.1. The second-order valence-electron chi connectivity index (χ2n) is 5.19. The van der Waals surface area contributed by atoms with Crippen molar-refractivity contribution < 1.29 is 9.21 Å². The van der Waals surface area contributed by atoms with Gasteiger partial charge in [-0.25, -0.2) is 15.0 Å². The highest BCUT2D eigenvalue weighted by Gasteiger charge is 2.34. The third-order valence-corrected chi connectivity index (χ3v) is 3.67. The average Bonchev–Trinajstić information content (AvgIpc) is 3.05. The number of aromatic nitrogens is 3. The first-order valence-electron chi connectivity index (χ1n) is 6.88. The van der Waals surface area contributed by atoms with Gasteiger partial charge in [0.15, 0.2) is 6.39 Å². The van der Waals surface area contributed by atoms with Gasteiger partial charge in [0.05, 0.1) is 17.4 Å². The van der Waals surface area contributed by atoms with Gasteiger partial charge < -0.3 is 15.1 Å². The van der Waals surface area contributed by atoms with Crippen molar-refractivity contribution in [2.45, 2.75) is 32.7 Å². The largest absolute Gasteiger partial charge is 0.438 e. The number of nitrogens with zero attached hydrogens (tertiary/aromatic N) is 4. The second kappa shape index (κ2) is 5.16. The van der Waals surface area contributed by atoms with Crippen LogP contribution in [0, 0.1) is 13.8 Å². The Kier molecular flexibility index (Phi) is 3.32. The molecule has 3 heterocycles. The molecule has 1 fully saturated rings. The molecule has 1 amide bonds. The van der Waals surface area contributed by atoms with Crippen LogP contribution in [0.1, 0.15) is 46.7 Å². The van der Waals surface area contributed by atoms with Gasteiger partial charge in [-0.15, -0.1) is 0 Å². The first-order chi connectivity index (χ1) is 10.1. The Labute approximate surface area is 122 Å². The Morgan fingerprint density at radius 3 is 2.90 bits per heavy atom.